The van der Waals surface area contributed by atoms with Crippen molar-refractivity contribution in [1.29, 1.82) is 0 Å². The molecule has 1 aliphatic rings. The van der Waals surface area contributed by atoms with E-state index in [0.717, 1.165) is 23.7 Å². The number of amides is 1. The topological polar surface area (TPSA) is 113 Å². The minimum atomic E-state index is -3.33. The maximum Gasteiger partial charge on any atom is 0.229 e. The molecule has 154 valence electrons. The average Bonchev–Trinajstić information content (AvgIpc) is 3.07. The number of carbonyl (C=O) groups is 1. The van der Waals surface area contributed by atoms with Crippen LogP contribution >= 0.6 is 0 Å². The maximum absolute atomic E-state index is 14.1. The Bertz CT molecular complexity index is 1250. The van der Waals surface area contributed by atoms with Crippen LogP contribution in [0.3, 0.4) is 0 Å². The summed E-state index contributed by atoms with van der Waals surface area (Å²) in [5, 5.41) is 8.62. The van der Waals surface area contributed by atoms with E-state index in [0.29, 0.717) is 17.7 Å². The van der Waals surface area contributed by atoms with Gasteiger partial charge >= 0.3 is 0 Å². The van der Waals surface area contributed by atoms with Crippen molar-refractivity contribution in [2.45, 2.75) is 17.9 Å². The second-order valence-electron chi connectivity index (χ2n) is 6.89. The third kappa shape index (κ3) is 4.38. The summed E-state index contributed by atoms with van der Waals surface area (Å²) in [6.07, 6.45) is 2.48. The Labute approximate surface area is 172 Å². The van der Waals surface area contributed by atoms with Crippen LogP contribution in [0.25, 0.3) is 0 Å². The Morgan fingerprint density at radius 1 is 1.20 bits per heavy atom. The van der Waals surface area contributed by atoms with E-state index in [2.05, 4.69) is 25.9 Å². The number of nitrogens with zero attached hydrogens (tertiary/aromatic N) is 2. The lowest BCUT2D eigenvalue weighted by Crippen LogP contribution is -2.07. The molecule has 0 atom stereocenters. The van der Waals surface area contributed by atoms with Gasteiger partial charge in [0.25, 0.3) is 0 Å². The van der Waals surface area contributed by atoms with Gasteiger partial charge in [-0.1, -0.05) is 12.1 Å². The van der Waals surface area contributed by atoms with Gasteiger partial charge in [-0.3, -0.25) is 4.79 Å². The number of fused-ring (bicyclic) bond motifs is 1. The molecule has 2 aromatic carbocycles. The fourth-order valence-electron chi connectivity index (χ4n) is 3.06. The highest BCUT2D eigenvalue weighted by Gasteiger charge is 2.18. The first-order valence-corrected chi connectivity index (χ1v) is 10.9. The van der Waals surface area contributed by atoms with Gasteiger partial charge in [0.1, 0.15) is 0 Å². The predicted molar refractivity (Wildman–Crippen MR) is 111 cm³/mol. The van der Waals surface area contributed by atoms with Crippen LogP contribution < -0.4 is 16.0 Å². The summed E-state index contributed by atoms with van der Waals surface area (Å²) in [7, 11) is -3.33. The summed E-state index contributed by atoms with van der Waals surface area (Å²) >= 11 is 0. The average molecular weight is 427 g/mol. The molecule has 30 heavy (non-hydrogen) atoms. The monoisotopic (exact) mass is 427 g/mol. The fraction of sp³-hybridized carbons (Fsp3) is 0.150. The Morgan fingerprint density at radius 3 is 2.83 bits per heavy atom. The van der Waals surface area contributed by atoms with E-state index in [4.69, 9.17) is 0 Å². The third-order valence-corrected chi connectivity index (χ3v) is 5.63. The number of benzene rings is 2. The second-order valence-corrected chi connectivity index (χ2v) is 8.90. The summed E-state index contributed by atoms with van der Waals surface area (Å²) in [5.41, 5.74) is 2.96. The van der Waals surface area contributed by atoms with Gasteiger partial charge in [-0.2, -0.15) is 4.98 Å². The number of halogens is 1. The number of anilines is 4. The Kier molecular flexibility index (Phi) is 5.08. The quantitative estimate of drug-likeness (QED) is 0.554. The molecule has 0 unspecified atom stereocenters. The SMILES string of the molecule is CS(=O)(=O)c1cccc(CNc2nc(Nc3ccc4c(c3)CC(=O)N4)ncc2F)c1. The van der Waals surface area contributed by atoms with Crippen molar-refractivity contribution in [2.75, 3.05) is 22.2 Å². The first-order chi connectivity index (χ1) is 14.3. The minimum Gasteiger partial charge on any atom is -0.363 e. The van der Waals surface area contributed by atoms with Crippen molar-refractivity contribution in [3.05, 3.63) is 65.6 Å². The highest BCUT2D eigenvalue weighted by Crippen LogP contribution is 2.27. The second kappa shape index (κ2) is 7.71. The molecular weight excluding hydrogens is 409 g/mol. The first kappa shape index (κ1) is 19.8. The van der Waals surface area contributed by atoms with Gasteiger partial charge in [0, 0.05) is 24.2 Å². The molecule has 3 N–H and O–H groups in total. The molecule has 1 amide bonds. The molecule has 0 saturated carbocycles. The van der Waals surface area contributed by atoms with Crippen LogP contribution in [-0.4, -0.2) is 30.5 Å². The normalized spacial score (nSPS) is 12.9. The molecule has 2 heterocycles. The number of hydrogen-bond donors (Lipinski definition) is 3. The van der Waals surface area contributed by atoms with Crippen LogP contribution in [0.1, 0.15) is 11.1 Å². The molecule has 0 radical (unpaired) electrons. The van der Waals surface area contributed by atoms with E-state index in [1.54, 1.807) is 24.3 Å². The number of nitrogens with one attached hydrogen (secondary N) is 3. The largest absolute Gasteiger partial charge is 0.363 e. The van der Waals surface area contributed by atoms with Crippen LogP contribution in [-0.2, 0) is 27.6 Å². The third-order valence-electron chi connectivity index (χ3n) is 4.52. The van der Waals surface area contributed by atoms with Gasteiger partial charge in [0.15, 0.2) is 21.5 Å². The number of sulfone groups is 1. The van der Waals surface area contributed by atoms with Crippen LogP contribution in [0.2, 0.25) is 0 Å². The molecule has 1 aliphatic heterocycles. The Hall–Kier alpha value is -3.53. The standard InChI is InChI=1S/C20H18FN5O3S/c1-30(28,29)15-4-2-3-12(7-15)10-22-19-16(21)11-23-20(26-19)24-14-5-6-17-13(8-14)9-18(27)25-17/h2-8,11H,9-10H2,1H3,(H,25,27)(H2,22,23,24,26). The van der Waals surface area contributed by atoms with E-state index in [9.17, 15) is 17.6 Å². The van der Waals surface area contributed by atoms with Gasteiger partial charge in [0.05, 0.1) is 17.5 Å². The van der Waals surface area contributed by atoms with Gasteiger partial charge in [-0.25, -0.2) is 17.8 Å². The van der Waals surface area contributed by atoms with Gasteiger partial charge < -0.3 is 16.0 Å². The Balaban J connectivity index is 1.49. The van der Waals surface area contributed by atoms with Crippen molar-refractivity contribution in [3.8, 4) is 0 Å². The van der Waals surface area contributed by atoms with Crippen LogP contribution in [0.5, 0.6) is 0 Å². The van der Waals surface area contributed by atoms with E-state index in [-0.39, 0.29) is 29.1 Å². The number of hydrogen-bond acceptors (Lipinski definition) is 7. The molecule has 0 aliphatic carbocycles. The molecule has 0 fully saturated rings. The zero-order valence-corrected chi connectivity index (χ0v) is 16.8. The molecule has 10 heteroatoms. The first-order valence-electron chi connectivity index (χ1n) is 9.03. The highest BCUT2D eigenvalue weighted by atomic mass is 32.2. The van der Waals surface area contributed by atoms with E-state index in [1.165, 1.54) is 12.1 Å². The number of rotatable bonds is 6. The van der Waals surface area contributed by atoms with Crippen molar-refractivity contribution >= 4 is 38.9 Å². The zero-order chi connectivity index (χ0) is 21.3. The van der Waals surface area contributed by atoms with Crippen molar-refractivity contribution in [2.24, 2.45) is 0 Å². The van der Waals surface area contributed by atoms with E-state index >= 15 is 0 Å². The summed E-state index contributed by atoms with van der Waals surface area (Å²) in [4.78, 5) is 19.8. The zero-order valence-electron chi connectivity index (χ0n) is 15.9. The molecule has 8 nitrogen and oxygen atoms in total. The van der Waals surface area contributed by atoms with E-state index in [1.807, 2.05) is 6.07 Å². The fourth-order valence-corrected chi connectivity index (χ4v) is 3.75. The smallest absolute Gasteiger partial charge is 0.229 e. The van der Waals surface area contributed by atoms with Gasteiger partial charge in [-0.05, 0) is 41.5 Å². The van der Waals surface area contributed by atoms with E-state index < -0.39 is 15.7 Å². The summed E-state index contributed by atoms with van der Waals surface area (Å²) in [6.45, 7) is 0.184. The lowest BCUT2D eigenvalue weighted by molar-refractivity contribution is -0.115. The van der Waals surface area contributed by atoms with Crippen molar-refractivity contribution in [1.82, 2.24) is 9.97 Å². The van der Waals surface area contributed by atoms with Crippen molar-refractivity contribution in [3.63, 3.8) is 0 Å². The molecule has 0 spiro atoms. The molecule has 0 saturated heterocycles. The van der Waals surface area contributed by atoms with Crippen LogP contribution in [0.15, 0.2) is 53.6 Å². The number of aromatic nitrogens is 2. The predicted octanol–water partition coefficient (Wildman–Crippen LogP) is 2.87. The van der Waals surface area contributed by atoms with Gasteiger partial charge in [0.2, 0.25) is 11.9 Å². The molecular formula is C20H18FN5O3S. The maximum atomic E-state index is 14.1. The lowest BCUT2D eigenvalue weighted by atomic mass is 10.1. The Morgan fingerprint density at radius 2 is 2.03 bits per heavy atom. The van der Waals surface area contributed by atoms with Crippen molar-refractivity contribution < 1.29 is 17.6 Å². The molecule has 3 aromatic rings. The molecule has 1 aromatic heterocycles. The molecule has 0 bridgehead atoms. The summed E-state index contributed by atoms with van der Waals surface area (Å²) in [5.74, 6) is -0.536. The number of carbonyl (C=O) groups excluding carboxylic acids is 1. The summed E-state index contributed by atoms with van der Waals surface area (Å²) < 4.78 is 37.5. The highest BCUT2D eigenvalue weighted by molar-refractivity contribution is 7.90. The minimum absolute atomic E-state index is 0.0183. The van der Waals surface area contributed by atoms with Crippen LogP contribution in [0.4, 0.5) is 27.5 Å². The van der Waals surface area contributed by atoms with Crippen LogP contribution in [0, 0.1) is 5.82 Å². The lowest BCUT2D eigenvalue weighted by Gasteiger charge is -2.11. The summed E-state index contributed by atoms with van der Waals surface area (Å²) in [6, 6.07) is 11.8. The van der Waals surface area contributed by atoms with Gasteiger partial charge in [-0.15, -0.1) is 0 Å². The molecule has 4 rings (SSSR count).